The maximum Gasteiger partial charge on any atom is 0.339 e. The summed E-state index contributed by atoms with van der Waals surface area (Å²) in [5, 5.41) is 12.9. The van der Waals surface area contributed by atoms with Gasteiger partial charge in [0.1, 0.15) is 5.00 Å². The number of carboxylic acids is 1. The highest BCUT2D eigenvalue weighted by Gasteiger charge is 2.28. The summed E-state index contributed by atoms with van der Waals surface area (Å²) in [5.41, 5.74) is 2.62. The van der Waals surface area contributed by atoms with Crippen molar-refractivity contribution in [3.63, 3.8) is 0 Å². The first-order valence-electron chi connectivity index (χ1n) is 8.95. The number of amides is 1. The molecule has 0 fully saturated rings. The van der Waals surface area contributed by atoms with Crippen molar-refractivity contribution >= 4 is 28.2 Å². The van der Waals surface area contributed by atoms with Crippen molar-refractivity contribution in [3.05, 3.63) is 70.4 Å². The van der Waals surface area contributed by atoms with Crippen molar-refractivity contribution in [1.29, 1.82) is 0 Å². The lowest BCUT2D eigenvalue weighted by Gasteiger charge is -2.17. The average Bonchev–Trinajstić information content (AvgIpc) is 3.29. The minimum atomic E-state index is -0.972. The summed E-state index contributed by atoms with van der Waals surface area (Å²) in [5.74, 6) is -0.717. The summed E-state index contributed by atoms with van der Waals surface area (Å²) in [6, 6.07) is 11.1. The Labute approximate surface area is 161 Å². The Kier molecular flexibility index (Phi) is 4.58. The van der Waals surface area contributed by atoms with Gasteiger partial charge in [0, 0.05) is 28.5 Å². The lowest BCUT2D eigenvalue weighted by molar-refractivity contribution is 0.0697. The van der Waals surface area contributed by atoms with E-state index in [2.05, 4.69) is 12.2 Å². The monoisotopic (exact) mass is 380 g/mol. The van der Waals surface area contributed by atoms with Gasteiger partial charge < -0.3 is 15.0 Å². The zero-order chi connectivity index (χ0) is 19.0. The van der Waals surface area contributed by atoms with E-state index >= 15 is 0 Å². The quantitative estimate of drug-likeness (QED) is 0.694. The Morgan fingerprint density at radius 3 is 2.56 bits per heavy atom. The number of carbonyl (C=O) groups excluding carboxylic acids is 1. The zero-order valence-electron chi connectivity index (χ0n) is 14.9. The van der Waals surface area contributed by atoms with Crippen LogP contribution in [-0.4, -0.2) is 21.6 Å². The van der Waals surface area contributed by atoms with E-state index in [-0.39, 0.29) is 11.5 Å². The van der Waals surface area contributed by atoms with Crippen molar-refractivity contribution in [1.82, 2.24) is 4.57 Å². The van der Waals surface area contributed by atoms with Gasteiger partial charge >= 0.3 is 5.97 Å². The van der Waals surface area contributed by atoms with Gasteiger partial charge in [-0.1, -0.05) is 6.92 Å². The number of benzene rings is 1. The van der Waals surface area contributed by atoms with Crippen LogP contribution in [0.4, 0.5) is 5.00 Å². The Hall–Kier alpha value is -2.86. The summed E-state index contributed by atoms with van der Waals surface area (Å²) < 4.78 is 1.96. The molecule has 2 aromatic heterocycles. The van der Waals surface area contributed by atoms with E-state index in [1.807, 2.05) is 41.2 Å². The maximum absolute atomic E-state index is 12.7. The SMILES string of the molecule is CC1CCc2c(sc(NC(=O)c3ccc(-n4cccc4)cc3)c2C(=O)O)C1. The molecule has 0 aliphatic heterocycles. The van der Waals surface area contributed by atoms with E-state index in [0.717, 1.165) is 35.4 Å². The fraction of sp³-hybridized carbons (Fsp3) is 0.238. The van der Waals surface area contributed by atoms with Gasteiger partial charge in [-0.3, -0.25) is 4.79 Å². The van der Waals surface area contributed by atoms with E-state index < -0.39 is 5.97 Å². The van der Waals surface area contributed by atoms with Crippen LogP contribution in [0.25, 0.3) is 5.69 Å². The molecule has 27 heavy (non-hydrogen) atoms. The number of aromatic nitrogens is 1. The van der Waals surface area contributed by atoms with Crippen molar-refractivity contribution in [2.45, 2.75) is 26.2 Å². The second-order valence-electron chi connectivity index (χ2n) is 6.95. The second-order valence-corrected chi connectivity index (χ2v) is 8.06. The van der Waals surface area contributed by atoms with Gasteiger partial charge in [-0.25, -0.2) is 4.79 Å². The summed E-state index contributed by atoms with van der Waals surface area (Å²) in [7, 11) is 0. The number of nitrogens with zero attached hydrogens (tertiary/aromatic N) is 1. The molecule has 6 heteroatoms. The van der Waals surface area contributed by atoms with E-state index in [1.54, 1.807) is 12.1 Å². The van der Waals surface area contributed by atoms with Gasteiger partial charge in [-0.15, -0.1) is 11.3 Å². The Morgan fingerprint density at radius 2 is 1.89 bits per heavy atom. The fourth-order valence-electron chi connectivity index (χ4n) is 3.53. The molecule has 2 heterocycles. The predicted molar refractivity (Wildman–Crippen MR) is 106 cm³/mol. The van der Waals surface area contributed by atoms with Crippen LogP contribution in [0, 0.1) is 5.92 Å². The third kappa shape index (κ3) is 3.40. The normalized spacial score (nSPS) is 16.0. The predicted octanol–water partition coefficient (Wildman–Crippen LogP) is 4.61. The summed E-state index contributed by atoms with van der Waals surface area (Å²) in [6.07, 6.45) is 6.49. The summed E-state index contributed by atoms with van der Waals surface area (Å²) >= 11 is 1.40. The molecule has 5 nitrogen and oxygen atoms in total. The fourth-order valence-corrected chi connectivity index (χ4v) is 4.93. The molecule has 0 saturated carbocycles. The van der Waals surface area contributed by atoms with Crippen molar-refractivity contribution < 1.29 is 14.7 Å². The van der Waals surface area contributed by atoms with Crippen molar-refractivity contribution in [2.24, 2.45) is 5.92 Å². The number of carboxylic acid groups (broad SMARTS) is 1. The van der Waals surface area contributed by atoms with Crippen molar-refractivity contribution in [3.8, 4) is 5.69 Å². The molecule has 1 aliphatic rings. The number of aromatic carboxylic acids is 1. The average molecular weight is 380 g/mol. The first-order chi connectivity index (χ1) is 13.0. The molecule has 0 bridgehead atoms. The lowest BCUT2D eigenvalue weighted by Crippen LogP contribution is -2.15. The number of hydrogen-bond acceptors (Lipinski definition) is 3. The molecule has 0 radical (unpaired) electrons. The van der Waals surface area contributed by atoms with Gasteiger partial charge in [0.25, 0.3) is 5.91 Å². The third-order valence-electron chi connectivity index (χ3n) is 4.98. The Morgan fingerprint density at radius 1 is 1.19 bits per heavy atom. The van der Waals surface area contributed by atoms with Gasteiger partial charge in [-0.05, 0) is 67.1 Å². The number of carbonyl (C=O) groups is 2. The largest absolute Gasteiger partial charge is 0.478 e. The molecule has 0 saturated heterocycles. The van der Waals surface area contributed by atoms with Gasteiger partial charge in [-0.2, -0.15) is 0 Å². The Balaban J connectivity index is 1.59. The van der Waals surface area contributed by atoms with Crippen LogP contribution in [0.15, 0.2) is 48.8 Å². The summed E-state index contributed by atoms with van der Waals surface area (Å²) in [6.45, 7) is 2.17. The third-order valence-corrected chi connectivity index (χ3v) is 6.15. The minimum Gasteiger partial charge on any atom is -0.478 e. The molecular weight excluding hydrogens is 360 g/mol. The topological polar surface area (TPSA) is 71.3 Å². The molecule has 138 valence electrons. The smallest absolute Gasteiger partial charge is 0.339 e. The van der Waals surface area contributed by atoms with Crippen LogP contribution in [0.2, 0.25) is 0 Å². The number of rotatable bonds is 4. The maximum atomic E-state index is 12.7. The first-order valence-corrected chi connectivity index (χ1v) is 9.77. The van der Waals surface area contributed by atoms with E-state index in [0.29, 0.717) is 16.5 Å². The number of fused-ring (bicyclic) bond motifs is 1. The zero-order valence-corrected chi connectivity index (χ0v) is 15.8. The standard InChI is InChI=1S/C21H20N2O3S/c1-13-4-9-16-17(12-13)27-20(18(16)21(25)26)22-19(24)14-5-7-15(8-6-14)23-10-2-3-11-23/h2-3,5-8,10-11,13H,4,9,12H2,1H3,(H,22,24)(H,25,26). The van der Waals surface area contributed by atoms with E-state index in [1.165, 1.54) is 11.3 Å². The van der Waals surface area contributed by atoms with Crippen LogP contribution in [-0.2, 0) is 12.8 Å². The van der Waals surface area contributed by atoms with Crippen LogP contribution in [0.3, 0.4) is 0 Å². The number of thiophene rings is 1. The Bertz CT molecular complexity index is 987. The molecule has 1 unspecified atom stereocenters. The van der Waals surface area contributed by atoms with Crippen molar-refractivity contribution in [2.75, 3.05) is 5.32 Å². The highest BCUT2D eigenvalue weighted by molar-refractivity contribution is 7.17. The number of hydrogen-bond donors (Lipinski definition) is 2. The molecule has 1 aliphatic carbocycles. The van der Waals surface area contributed by atoms with Gasteiger partial charge in [0.05, 0.1) is 5.56 Å². The highest BCUT2D eigenvalue weighted by Crippen LogP contribution is 2.39. The van der Waals surface area contributed by atoms with E-state index in [9.17, 15) is 14.7 Å². The first kappa shape index (κ1) is 17.5. The second kappa shape index (κ2) is 7.04. The molecule has 1 amide bonds. The summed E-state index contributed by atoms with van der Waals surface area (Å²) in [4.78, 5) is 25.5. The molecule has 1 aromatic carbocycles. The number of anilines is 1. The van der Waals surface area contributed by atoms with Gasteiger partial charge in [0.2, 0.25) is 0 Å². The van der Waals surface area contributed by atoms with Gasteiger partial charge in [0.15, 0.2) is 0 Å². The highest BCUT2D eigenvalue weighted by atomic mass is 32.1. The molecule has 4 rings (SSSR count). The van der Waals surface area contributed by atoms with Crippen LogP contribution >= 0.6 is 11.3 Å². The van der Waals surface area contributed by atoms with Crippen LogP contribution in [0.5, 0.6) is 0 Å². The van der Waals surface area contributed by atoms with E-state index in [4.69, 9.17) is 0 Å². The molecule has 3 aromatic rings. The lowest BCUT2D eigenvalue weighted by atomic mass is 9.88. The molecular formula is C21H20N2O3S. The molecule has 2 N–H and O–H groups in total. The molecule has 1 atom stereocenters. The molecule has 0 spiro atoms. The minimum absolute atomic E-state index is 0.263. The number of nitrogens with one attached hydrogen (secondary N) is 1. The van der Waals surface area contributed by atoms with Crippen LogP contribution < -0.4 is 5.32 Å². The van der Waals surface area contributed by atoms with Crippen LogP contribution in [0.1, 0.15) is 44.5 Å².